The van der Waals surface area contributed by atoms with Crippen molar-refractivity contribution in [2.24, 2.45) is 11.7 Å². The molecule has 14 heavy (non-hydrogen) atoms. The van der Waals surface area contributed by atoms with Crippen LogP contribution in [0.15, 0.2) is 0 Å². The van der Waals surface area contributed by atoms with Crippen molar-refractivity contribution in [3.05, 3.63) is 0 Å². The third-order valence-electron chi connectivity index (χ3n) is 2.27. The number of alkyl halides is 2. The van der Waals surface area contributed by atoms with E-state index in [1.54, 1.807) is 0 Å². The van der Waals surface area contributed by atoms with Crippen molar-refractivity contribution in [3.8, 4) is 0 Å². The topological polar surface area (TPSA) is 46.3 Å². The molecule has 0 atom stereocenters. The maximum absolute atomic E-state index is 12.1. The summed E-state index contributed by atoms with van der Waals surface area (Å²) in [6.45, 7) is -0.0121. The summed E-state index contributed by atoms with van der Waals surface area (Å²) in [7, 11) is 0. The van der Waals surface area contributed by atoms with E-state index in [1.165, 1.54) is 4.90 Å². The maximum Gasteiger partial charge on any atom is 0.255 e. The minimum atomic E-state index is -2.47. The molecule has 82 valence electrons. The molecule has 0 spiro atoms. The summed E-state index contributed by atoms with van der Waals surface area (Å²) in [4.78, 5) is 12.6. The summed E-state index contributed by atoms with van der Waals surface area (Å²) in [6.07, 6.45) is 0.0465. The molecular formula is C9H16F2N2O. The van der Waals surface area contributed by atoms with Crippen molar-refractivity contribution >= 4 is 5.91 Å². The number of hydrogen-bond donors (Lipinski definition) is 1. The molecule has 0 bridgehead atoms. The lowest BCUT2D eigenvalue weighted by atomic mass is 10.2. The fourth-order valence-electron chi connectivity index (χ4n) is 1.34. The van der Waals surface area contributed by atoms with Gasteiger partial charge in [-0.25, -0.2) is 8.78 Å². The molecule has 1 saturated carbocycles. The van der Waals surface area contributed by atoms with E-state index in [1.807, 2.05) is 0 Å². The highest BCUT2D eigenvalue weighted by Crippen LogP contribution is 2.32. The maximum atomic E-state index is 12.1. The van der Waals surface area contributed by atoms with E-state index in [9.17, 15) is 13.6 Å². The smallest absolute Gasteiger partial charge is 0.255 e. The molecule has 0 radical (unpaired) electrons. The SMILES string of the molecule is NCCN(CC(F)F)C(=O)CC1CC1. The molecule has 0 aromatic rings. The fraction of sp³-hybridized carbons (Fsp3) is 0.889. The van der Waals surface area contributed by atoms with Gasteiger partial charge < -0.3 is 10.6 Å². The molecule has 5 heteroatoms. The van der Waals surface area contributed by atoms with Gasteiger partial charge in [-0.1, -0.05) is 0 Å². The lowest BCUT2D eigenvalue weighted by molar-refractivity contribution is -0.133. The first-order valence-electron chi connectivity index (χ1n) is 4.89. The van der Waals surface area contributed by atoms with E-state index in [0.29, 0.717) is 12.3 Å². The minimum Gasteiger partial charge on any atom is -0.336 e. The summed E-state index contributed by atoms with van der Waals surface area (Å²) < 4.78 is 24.2. The van der Waals surface area contributed by atoms with Crippen LogP contribution in [0.25, 0.3) is 0 Å². The molecule has 1 aliphatic carbocycles. The normalized spacial score (nSPS) is 16.0. The number of carbonyl (C=O) groups excluding carboxylic acids is 1. The molecule has 0 aromatic heterocycles. The average Bonchev–Trinajstić information content (AvgIpc) is 2.86. The number of carbonyl (C=O) groups is 1. The molecule has 2 N–H and O–H groups in total. The van der Waals surface area contributed by atoms with Crippen LogP contribution in [0.2, 0.25) is 0 Å². The molecule has 1 fully saturated rings. The minimum absolute atomic E-state index is 0.182. The van der Waals surface area contributed by atoms with Crippen LogP contribution in [-0.4, -0.2) is 36.9 Å². The highest BCUT2D eigenvalue weighted by Gasteiger charge is 2.27. The molecule has 3 nitrogen and oxygen atoms in total. The van der Waals surface area contributed by atoms with Gasteiger partial charge in [0.2, 0.25) is 5.91 Å². The Morgan fingerprint density at radius 3 is 2.57 bits per heavy atom. The molecule has 1 rings (SSSR count). The Morgan fingerprint density at radius 1 is 1.50 bits per heavy atom. The van der Waals surface area contributed by atoms with Crippen LogP contribution in [0.1, 0.15) is 19.3 Å². The first-order valence-corrected chi connectivity index (χ1v) is 4.89. The third kappa shape index (κ3) is 4.00. The van der Waals surface area contributed by atoms with Crippen molar-refractivity contribution in [3.63, 3.8) is 0 Å². The van der Waals surface area contributed by atoms with Crippen molar-refractivity contribution in [2.45, 2.75) is 25.7 Å². The summed E-state index contributed by atoms with van der Waals surface area (Å²) in [5.41, 5.74) is 5.25. The van der Waals surface area contributed by atoms with Crippen LogP contribution in [0.4, 0.5) is 8.78 Å². The second kappa shape index (κ2) is 5.24. The van der Waals surface area contributed by atoms with Gasteiger partial charge >= 0.3 is 0 Å². The predicted molar refractivity (Wildman–Crippen MR) is 49.0 cm³/mol. The van der Waals surface area contributed by atoms with Gasteiger partial charge in [-0.2, -0.15) is 0 Å². The van der Waals surface area contributed by atoms with Gasteiger partial charge in [0.05, 0.1) is 6.54 Å². The standard InChI is InChI=1S/C9H16F2N2O/c10-8(11)6-13(4-3-12)9(14)5-7-1-2-7/h7-8H,1-6,12H2. The lowest BCUT2D eigenvalue weighted by Crippen LogP contribution is -2.38. The number of nitrogens with zero attached hydrogens (tertiary/aromatic N) is 1. The van der Waals surface area contributed by atoms with Gasteiger partial charge in [-0.15, -0.1) is 0 Å². The Bertz CT molecular complexity index is 195. The van der Waals surface area contributed by atoms with Crippen LogP contribution in [0, 0.1) is 5.92 Å². The highest BCUT2D eigenvalue weighted by atomic mass is 19.3. The van der Waals surface area contributed by atoms with Gasteiger partial charge in [0, 0.05) is 19.5 Å². The van der Waals surface area contributed by atoms with Crippen LogP contribution < -0.4 is 5.73 Å². The monoisotopic (exact) mass is 206 g/mol. The Balaban J connectivity index is 2.33. The van der Waals surface area contributed by atoms with E-state index in [-0.39, 0.29) is 19.0 Å². The third-order valence-corrected chi connectivity index (χ3v) is 2.27. The first-order chi connectivity index (χ1) is 6.63. The van der Waals surface area contributed by atoms with E-state index < -0.39 is 13.0 Å². The number of nitrogens with two attached hydrogens (primary N) is 1. The zero-order valence-corrected chi connectivity index (χ0v) is 8.09. The van der Waals surface area contributed by atoms with Gasteiger partial charge in [0.15, 0.2) is 0 Å². The van der Waals surface area contributed by atoms with Gasteiger partial charge in [0.1, 0.15) is 0 Å². The second-order valence-electron chi connectivity index (χ2n) is 3.67. The molecule has 1 amide bonds. The predicted octanol–water partition coefficient (Wildman–Crippen LogP) is 0.839. The Morgan fingerprint density at radius 2 is 2.14 bits per heavy atom. The Kier molecular flexibility index (Phi) is 4.25. The van der Waals surface area contributed by atoms with Gasteiger partial charge in [-0.3, -0.25) is 4.79 Å². The van der Waals surface area contributed by atoms with Gasteiger partial charge in [-0.05, 0) is 18.8 Å². The van der Waals surface area contributed by atoms with Crippen LogP contribution in [-0.2, 0) is 4.79 Å². The lowest BCUT2D eigenvalue weighted by Gasteiger charge is -2.21. The van der Waals surface area contributed by atoms with Crippen molar-refractivity contribution in [2.75, 3.05) is 19.6 Å². The average molecular weight is 206 g/mol. The van der Waals surface area contributed by atoms with Crippen LogP contribution >= 0.6 is 0 Å². The molecule has 0 aromatic carbocycles. The summed E-state index contributed by atoms with van der Waals surface area (Å²) in [5, 5.41) is 0. The van der Waals surface area contributed by atoms with Crippen molar-refractivity contribution in [1.82, 2.24) is 4.90 Å². The van der Waals surface area contributed by atoms with E-state index in [0.717, 1.165) is 12.8 Å². The quantitative estimate of drug-likeness (QED) is 0.700. The molecule has 1 aliphatic rings. The molecule has 0 heterocycles. The van der Waals surface area contributed by atoms with E-state index >= 15 is 0 Å². The van der Waals surface area contributed by atoms with Crippen LogP contribution in [0.5, 0.6) is 0 Å². The van der Waals surface area contributed by atoms with Crippen molar-refractivity contribution in [1.29, 1.82) is 0 Å². The number of hydrogen-bond acceptors (Lipinski definition) is 2. The number of amides is 1. The largest absolute Gasteiger partial charge is 0.336 e. The molecule has 0 unspecified atom stereocenters. The summed E-state index contributed by atoms with van der Waals surface area (Å²) in [5.74, 6) is 0.249. The highest BCUT2D eigenvalue weighted by molar-refractivity contribution is 5.76. The zero-order chi connectivity index (χ0) is 10.6. The molecular weight excluding hydrogens is 190 g/mol. The first kappa shape index (κ1) is 11.4. The zero-order valence-electron chi connectivity index (χ0n) is 8.09. The molecule has 0 aliphatic heterocycles. The van der Waals surface area contributed by atoms with E-state index in [4.69, 9.17) is 5.73 Å². The van der Waals surface area contributed by atoms with Crippen LogP contribution in [0.3, 0.4) is 0 Å². The summed E-state index contributed by atoms with van der Waals surface area (Å²) in [6, 6.07) is 0. The Labute approximate surface area is 82.2 Å². The number of halogens is 2. The fourth-order valence-corrected chi connectivity index (χ4v) is 1.34. The van der Waals surface area contributed by atoms with E-state index in [2.05, 4.69) is 0 Å². The number of rotatable bonds is 6. The second-order valence-corrected chi connectivity index (χ2v) is 3.67. The van der Waals surface area contributed by atoms with Crippen molar-refractivity contribution < 1.29 is 13.6 Å². The molecule has 0 saturated heterocycles. The summed E-state index contributed by atoms with van der Waals surface area (Å²) >= 11 is 0. The van der Waals surface area contributed by atoms with Gasteiger partial charge in [0.25, 0.3) is 6.43 Å². The Hall–Kier alpha value is -0.710.